The van der Waals surface area contributed by atoms with Crippen molar-refractivity contribution in [1.82, 2.24) is 0 Å². The van der Waals surface area contributed by atoms with Crippen LogP contribution in [0.25, 0.3) is 0 Å². The SMILES string of the molecule is C#C/C(=C\CO)C(C)(C)C. The van der Waals surface area contributed by atoms with Crippen LogP contribution in [0.15, 0.2) is 11.6 Å². The minimum Gasteiger partial charge on any atom is -0.392 e. The lowest BCUT2D eigenvalue weighted by Crippen LogP contribution is -2.08. The first-order valence-corrected chi connectivity index (χ1v) is 3.30. The predicted molar refractivity (Wildman–Crippen MR) is 43.5 cm³/mol. The highest BCUT2D eigenvalue weighted by Gasteiger charge is 2.13. The lowest BCUT2D eigenvalue weighted by Gasteiger charge is -2.17. The normalized spacial score (nSPS) is 12.9. The Labute approximate surface area is 62.8 Å². The maximum absolute atomic E-state index is 8.56. The number of allylic oxidation sites excluding steroid dienone is 1. The largest absolute Gasteiger partial charge is 0.392 e. The van der Waals surface area contributed by atoms with Crippen LogP contribution in [0.4, 0.5) is 0 Å². The Morgan fingerprint density at radius 1 is 1.60 bits per heavy atom. The van der Waals surface area contributed by atoms with Crippen molar-refractivity contribution in [2.24, 2.45) is 5.41 Å². The Bertz CT molecular complexity index is 164. The summed E-state index contributed by atoms with van der Waals surface area (Å²) in [6, 6.07) is 0. The minimum absolute atomic E-state index is 0.0164. The van der Waals surface area contributed by atoms with Crippen LogP contribution in [0.1, 0.15) is 20.8 Å². The van der Waals surface area contributed by atoms with Crippen LogP contribution in [0.3, 0.4) is 0 Å². The summed E-state index contributed by atoms with van der Waals surface area (Å²) in [4.78, 5) is 0. The van der Waals surface area contributed by atoms with Crippen molar-refractivity contribution in [3.05, 3.63) is 11.6 Å². The van der Waals surface area contributed by atoms with Gasteiger partial charge in [-0.3, -0.25) is 0 Å². The third-order valence-corrected chi connectivity index (χ3v) is 1.26. The summed E-state index contributed by atoms with van der Waals surface area (Å²) >= 11 is 0. The van der Waals surface area contributed by atoms with Crippen LogP contribution < -0.4 is 0 Å². The first kappa shape index (κ1) is 9.26. The van der Waals surface area contributed by atoms with E-state index in [-0.39, 0.29) is 12.0 Å². The van der Waals surface area contributed by atoms with E-state index in [9.17, 15) is 0 Å². The van der Waals surface area contributed by atoms with Crippen molar-refractivity contribution in [3.8, 4) is 12.3 Å². The molecular formula is C9H14O. The quantitative estimate of drug-likeness (QED) is 0.545. The molecule has 0 aliphatic heterocycles. The maximum Gasteiger partial charge on any atom is 0.0624 e. The molecule has 0 radical (unpaired) electrons. The van der Waals surface area contributed by atoms with Crippen LogP contribution in [-0.2, 0) is 0 Å². The van der Waals surface area contributed by atoms with E-state index in [1.165, 1.54) is 0 Å². The zero-order valence-corrected chi connectivity index (χ0v) is 6.81. The van der Waals surface area contributed by atoms with Gasteiger partial charge in [0.25, 0.3) is 0 Å². The van der Waals surface area contributed by atoms with Gasteiger partial charge in [0, 0.05) is 5.57 Å². The second kappa shape index (κ2) is 3.43. The highest BCUT2D eigenvalue weighted by Crippen LogP contribution is 2.23. The molecule has 0 aliphatic carbocycles. The summed E-state index contributed by atoms with van der Waals surface area (Å²) in [6.45, 7) is 6.09. The summed E-state index contributed by atoms with van der Waals surface area (Å²) < 4.78 is 0. The van der Waals surface area contributed by atoms with Gasteiger partial charge in [0.05, 0.1) is 6.61 Å². The molecule has 0 aromatic carbocycles. The van der Waals surface area contributed by atoms with Crippen molar-refractivity contribution >= 4 is 0 Å². The molecule has 0 spiro atoms. The van der Waals surface area contributed by atoms with Gasteiger partial charge in [0.2, 0.25) is 0 Å². The molecule has 0 amide bonds. The zero-order valence-electron chi connectivity index (χ0n) is 6.81. The van der Waals surface area contributed by atoms with Crippen LogP contribution >= 0.6 is 0 Å². The van der Waals surface area contributed by atoms with E-state index in [1.54, 1.807) is 6.08 Å². The topological polar surface area (TPSA) is 20.2 Å². The van der Waals surface area contributed by atoms with Gasteiger partial charge < -0.3 is 5.11 Å². The van der Waals surface area contributed by atoms with Crippen molar-refractivity contribution in [3.63, 3.8) is 0 Å². The van der Waals surface area contributed by atoms with Crippen LogP contribution in [-0.4, -0.2) is 11.7 Å². The molecule has 0 aromatic heterocycles. The smallest absolute Gasteiger partial charge is 0.0624 e. The van der Waals surface area contributed by atoms with Gasteiger partial charge in [-0.05, 0) is 11.5 Å². The third-order valence-electron chi connectivity index (χ3n) is 1.26. The summed E-state index contributed by atoms with van der Waals surface area (Å²) in [6.07, 6.45) is 6.88. The van der Waals surface area contributed by atoms with E-state index < -0.39 is 0 Å². The average Bonchev–Trinajstić information content (AvgIpc) is 1.80. The van der Waals surface area contributed by atoms with Crippen molar-refractivity contribution in [1.29, 1.82) is 0 Å². The molecule has 1 heteroatoms. The van der Waals surface area contributed by atoms with E-state index in [4.69, 9.17) is 11.5 Å². The van der Waals surface area contributed by atoms with Crippen molar-refractivity contribution in [2.45, 2.75) is 20.8 Å². The molecular weight excluding hydrogens is 124 g/mol. The van der Waals surface area contributed by atoms with Gasteiger partial charge in [0.1, 0.15) is 0 Å². The minimum atomic E-state index is -0.0164. The van der Waals surface area contributed by atoms with Gasteiger partial charge in [-0.1, -0.05) is 26.7 Å². The molecule has 10 heavy (non-hydrogen) atoms. The second-order valence-electron chi connectivity index (χ2n) is 3.19. The second-order valence-corrected chi connectivity index (χ2v) is 3.19. The maximum atomic E-state index is 8.56. The summed E-state index contributed by atoms with van der Waals surface area (Å²) in [5.41, 5.74) is 0.840. The first-order chi connectivity index (χ1) is 4.52. The molecule has 56 valence electrons. The van der Waals surface area contributed by atoms with Crippen LogP contribution in [0, 0.1) is 17.8 Å². The lowest BCUT2D eigenvalue weighted by atomic mass is 9.87. The Balaban J connectivity index is 4.41. The van der Waals surface area contributed by atoms with E-state index in [2.05, 4.69) is 5.92 Å². The predicted octanol–water partition coefficient (Wildman–Crippen LogP) is 1.58. The molecule has 0 rings (SSSR count). The van der Waals surface area contributed by atoms with E-state index >= 15 is 0 Å². The molecule has 0 fully saturated rings. The Hall–Kier alpha value is -0.740. The molecule has 0 unspecified atom stereocenters. The average molecular weight is 138 g/mol. The lowest BCUT2D eigenvalue weighted by molar-refractivity contribution is 0.339. The van der Waals surface area contributed by atoms with Crippen molar-refractivity contribution in [2.75, 3.05) is 6.61 Å². The highest BCUT2D eigenvalue weighted by atomic mass is 16.2. The third kappa shape index (κ3) is 2.70. The van der Waals surface area contributed by atoms with E-state index in [1.807, 2.05) is 20.8 Å². The summed E-state index contributed by atoms with van der Waals surface area (Å²) in [5, 5.41) is 8.56. The molecule has 0 atom stereocenters. The van der Waals surface area contributed by atoms with Crippen molar-refractivity contribution < 1.29 is 5.11 Å². The Morgan fingerprint density at radius 2 is 2.10 bits per heavy atom. The van der Waals surface area contributed by atoms with E-state index in [0.29, 0.717) is 0 Å². The Kier molecular flexibility index (Phi) is 3.18. The zero-order chi connectivity index (χ0) is 8.20. The molecule has 0 heterocycles. The summed E-state index contributed by atoms with van der Waals surface area (Å²) in [7, 11) is 0. The molecule has 0 aliphatic rings. The van der Waals surface area contributed by atoms with Gasteiger partial charge in [-0.2, -0.15) is 0 Å². The van der Waals surface area contributed by atoms with Crippen LogP contribution in [0.5, 0.6) is 0 Å². The van der Waals surface area contributed by atoms with Gasteiger partial charge in [-0.25, -0.2) is 0 Å². The molecule has 0 bridgehead atoms. The summed E-state index contributed by atoms with van der Waals surface area (Å²) in [5.74, 6) is 2.54. The van der Waals surface area contributed by atoms with Crippen LogP contribution in [0.2, 0.25) is 0 Å². The standard InChI is InChI=1S/C9H14O/c1-5-8(6-7-10)9(2,3)4/h1,6,10H,7H2,2-4H3/b8-6+. The fraction of sp³-hybridized carbons (Fsp3) is 0.556. The molecule has 1 nitrogen and oxygen atoms in total. The number of hydrogen-bond donors (Lipinski definition) is 1. The molecule has 1 N–H and O–H groups in total. The first-order valence-electron chi connectivity index (χ1n) is 3.30. The number of rotatable bonds is 1. The Morgan fingerprint density at radius 3 is 2.20 bits per heavy atom. The molecule has 0 saturated carbocycles. The monoisotopic (exact) mass is 138 g/mol. The highest BCUT2D eigenvalue weighted by molar-refractivity contribution is 5.30. The van der Waals surface area contributed by atoms with Gasteiger partial charge in [0.15, 0.2) is 0 Å². The fourth-order valence-electron chi connectivity index (χ4n) is 0.673. The fourth-order valence-corrected chi connectivity index (χ4v) is 0.673. The number of hydrogen-bond acceptors (Lipinski definition) is 1. The van der Waals surface area contributed by atoms with Gasteiger partial charge in [-0.15, -0.1) is 6.42 Å². The number of aliphatic hydroxyl groups excluding tert-OH is 1. The number of aliphatic hydroxyl groups is 1. The molecule has 0 saturated heterocycles. The number of terminal acetylenes is 1. The molecule has 0 aromatic rings. The van der Waals surface area contributed by atoms with E-state index in [0.717, 1.165) is 5.57 Å². The van der Waals surface area contributed by atoms with Gasteiger partial charge >= 0.3 is 0 Å².